The molecular formula is C27H31F2N5O3S. The van der Waals surface area contributed by atoms with Crippen LogP contribution < -0.4 is 16.0 Å². The normalized spacial score (nSPS) is 15.8. The van der Waals surface area contributed by atoms with E-state index in [1.54, 1.807) is 0 Å². The zero-order valence-corrected chi connectivity index (χ0v) is 21.7. The van der Waals surface area contributed by atoms with Crippen molar-refractivity contribution in [3.63, 3.8) is 0 Å². The van der Waals surface area contributed by atoms with Gasteiger partial charge in [-0.25, -0.2) is 18.7 Å². The molecular weight excluding hydrogens is 512 g/mol. The van der Waals surface area contributed by atoms with Crippen LogP contribution in [0.15, 0.2) is 53.4 Å². The summed E-state index contributed by atoms with van der Waals surface area (Å²) >= 11 is 1.47. The molecule has 5 rings (SSSR count). The highest BCUT2D eigenvalue weighted by molar-refractivity contribution is 8.00. The minimum absolute atomic E-state index is 0.151. The van der Waals surface area contributed by atoms with Crippen LogP contribution in [0.25, 0.3) is 11.4 Å². The fourth-order valence-electron chi connectivity index (χ4n) is 4.14. The lowest BCUT2D eigenvalue weighted by molar-refractivity contribution is -0.106. The fraction of sp³-hybridized carbons (Fsp3) is 0.370. The van der Waals surface area contributed by atoms with Crippen LogP contribution in [0, 0.1) is 11.6 Å². The van der Waals surface area contributed by atoms with E-state index in [2.05, 4.69) is 16.0 Å². The summed E-state index contributed by atoms with van der Waals surface area (Å²) in [5.74, 6) is 0.320. The maximum atomic E-state index is 13.8. The van der Waals surface area contributed by atoms with Gasteiger partial charge in [0.2, 0.25) is 6.41 Å². The second-order valence-corrected chi connectivity index (χ2v) is 10.4. The van der Waals surface area contributed by atoms with Crippen LogP contribution >= 0.6 is 11.8 Å². The van der Waals surface area contributed by atoms with Gasteiger partial charge in [0.15, 0.2) is 5.82 Å². The highest BCUT2D eigenvalue weighted by Crippen LogP contribution is 2.59. The van der Waals surface area contributed by atoms with Crippen molar-refractivity contribution in [1.82, 2.24) is 9.97 Å². The molecule has 1 aliphatic carbocycles. The first-order valence-corrected chi connectivity index (χ1v) is 13.3. The number of amides is 1. The van der Waals surface area contributed by atoms with E-state index in [0.29, 0.717) is 36.9 Å². The van der Waals surface area contributed by atoms with E-state index in [1.165, 1.54) is 23.9 Å². The number of carbonyl (C=O) groups is 1. The molecule has 0 unspecified atom stereocenters. The zero-order valence-electron chi connectivity index (χ0n) is 20.9. The Morgan fingerprint density at radius 1 is 1.08 bits per heavy atom. The number of aliphatic hydroxyl groups is 1. The number of primary amides is 1. The Kier molecular flexibility index (Phi) is 9.48. The molecule has 202 valence electrons. The molecule has 0 atom stereocenters. The summed E-state index contributed by atoms with van der Waals surface area (Å²) in [4.78, 5) is 21.2. The number of aliphatic hydroxyl groups excluding tert-OH is 1. The van der Waals surface area contributed by atoms with E-state index in [4.69, 9.17) is 24.6 Å². The van der Waals surface area contributed by atoms with Crippen molar-refractivity contribution in [2.45, 2.75) is 28.9 Å². The first-order valence-electron chi connectivity index (χ1n) is 12.4. The molecule has 1 amide bonds. The van der Waals surface area contributed by atoms with Gasteiger partial charge in [0, 0.05) is 54.5 Å². The molecule has 2 aromatic carbocycles. The average Bonchev–Trinajstić information content (AvgIpc) is 3.70. The third kappa shape index (κ3) is 7.18. The number of hydrogen-bond donors (Lipinski definition) is 3. The molecule has 0 bridgehead atoms. The topological polar surface area (TPSA) is 114 Å². The molecule has 1 aliphatic heterocycles. The number of thioether (sulfide) groups is 1. The molecule has 0 spiro atoms. The number of hydrogen-bond acceptors (Lipinski definition) is 8. The minimum atomic E-state index is -0.576. The Morgan fingerprint density at radius 3 is 2.34 bits per heavy atom. The van der Waals surface area contributed by atoms with Gasteiger partial charge in [-0.15, -0.1) is 11.8 Å². The van der Waals surface area contributed by atoms with Crippen LogP contribution in [0.1, 0.15) is 25.0 Å². The molecule has 1 saturated carbocycles. The van der Waals surface area contributed by atoms with Crippen molar-refractivity contribution < 1.29 is 23.4 Å². The summed E-state index contributed by atoms with van der Waals surface area (Å²) in [6, 6.07) is 13.6. The van der Waals surface area contributed by atoms with Crippen LogP contribution in [-0.4, -0.2) is 60.9 Å². The second-order valence-electron chi connectivity index (χ2n) is 8.95. The minimum Gasteiger partial charge on any atom is -0.396 e. The van der Waals surface area contributed by atoms with Crippen molar-refractivity contribution in [3.05, 3.63) is 65.9 Å². The lowest BCUT2D eigenvalue weighted by atomic mass is 10.1. The predicted molar refractivity (Wildman–Crippen MR) is 144 cm³/mol. The number of morpholine rings is 1. The van der Waals surface area contributed by atoms with Crippen molar-refractivity contribution in [1.29, 1.82) is 0 Å². The van der Waals surface area contributed by atoms with Gasteiger partial charge in [-0.1, -0.05) is 0 Å². The molecule has 2 heterocycles. The molecule has 4 N–H and O–H groups in total. The molecule has 2 fully saturated rings. The second kappa shape index (κ2) is 13.0. The number of benzene rings is 2. The summed E-state index contributed by atoms with van der Waals surface area (Å²) in [6.07, 6.45) is 2.69. The molecule has 38 heavy (non-hydrogen) atoms. The van der Waals surface area contributed by atoms with Crippen LogP contribution in [-0.2, 0) is 14.3 Å². The maximum absolute atomic E-state index is 13.8. The summed E-state index contributed by atoms with van der Waals surface area (Å²) in [5, 5.41) is 12.3. The highest BCUT2D eigenvalue weighted by atomic mass is 32.2. The average molecular weight is 544 g/mol. The summed E-state index contributed by atoms with van der Waals surface area (Å²) in [7, 11) is 0. The van der Waals surface area contributed by atoms with Crippen molar-refractivity contribution >= 4 is 29.7 Å². The van der Waals surface area contributed by atoms with Gasteiger partial charge in [-0.2, -0.15) is 0 Å². The Labute approximate surface area is 224 Å². The van der Waals surface area contributed by atoms with Crippen LogP contribution in [0.3, 0.4) is 0 Å². The number of rotatable bonds is 9. The van der Waals surface area contributed by atoms with E-state index in [9.17, 15) is 8.78 Å². The lowest BCUT2D eigenvalue weighted by Crippen LogP contribution is -2.37. The van der Waals surface area contributed by atoms with E-state index >= 15 is 0 Å². The van der Waals surface area contributed by atoms with Gasteiger partial charge < -0.3 is 25.8 Å². The summed E-state index contributed by atoms with van der Waals surface area (Å²) < 4.78 is 32.9. The molecule has 1 saturated heterocycles. The Balaban J connectivity index is 0.00000107. The van der Waals surface area contributed by atoms with E-state index in [1.807, 2.05) is 30.3 Å². The number of nitrogens with two attached hydrogens (primary N) is 1. The van der Waals surface area contributed by atoms with E-state index in [-0.39, 0.29) is 17.8 Å². The number of ether oxygens (including phenoxy) is 1. The monoisotopic (exact) mass is 543 g/mol. The smallest absolute Gasteiger partial charge is 0.204 e. The van der Waals surface area contributed by atoms with E-state index in [0.717, 1.165) is 54.8 Å². The third-order valence-electron chi connectivity index (χ3n) is 6.18. The van der Waals surface area contributed by atoms with Crippen LogP contribution in [0.4, 0.5) is 20.3 Å². The molecule has 1 aromatic heterocycles. The first-order chi connectivity index (χ1) is 18.5. The number of halogens is 2. The van der Waals surface area contributed by atoms with Crippen LogP contribution in [0.5, 0.6) is 0 Å². The molecule has 3 aromatic rings. The fourth-order valence-corrected chi connectivity index (χ4v) is 5.45. The number of nitrogens with one attached hydrogen (secondary N) is 1. The van der Waals surface area contributed by atoms with Crippen molar-refractivity contribution in [2.24, 2.45) is 5.73 Å². The Bertz CT molecular complexity index is 1200. The van der Waals surface area contributed by atoms with E-state index < -0.39 is 11.6 Å². The van der Waals surface area contributed by atoms with Gasteiger partial charge in [-0.3, -0.25) is 4.79 Å². The Hall–Kier alpha value is -3.28. The molecule has 8 nitrogen and oxygen atoms in total. The molecule has 0 radical (unpaired) electrons. The predicted octanol–water partition coefficient (Wildman–Crippen LogP) is 3.94. The SMILES string of the molecule is NC=O.OCCCNc1ccc(-c2nc(N3CCOCC3)cc(C3(Sc4cc(F)cc(F)c4)CC3)n2)cc1. The Morgan fingerprint density at radius 2 is 1.74 bits per heavy atom. The molecule has 2 aliphatic rings. The number of anilines is 2. The first kappa shape index (κ1) is 27.7. The van der Waals surface area contributed by atoms with Gasteiger partial charge in [0.25, 0.3) is 0 Å². The molecule has 11 heteroatoms. The zero-order chi connectivity index (χ0) is 27.0. The third-order valence-corrected chi connectivity index (χ3v) is 7.65. The largest absolute Gasteiger partial charge is 0.396 e. The number of aromatic nitrogens is 2. The van der Waals surface area contributed by atoms with Crippen molar-refractivity contribution in [3.8, 4) is 11.4 Å². The van der Waals surface area contributed by atoms with Gasteiger partial charge in [-0.05, 0) is 55.7 Å². The van der Waals surface area contributed by atoms with Gasteiger partial charge >= 0.3 is 0 Å². The maximum Gasteiger partial charge on any atom is 0.204 e. The number of nitrogens with zero attached hydrogens (tertiary/aromatic N) is 3. The quantitative estimate of drug-likeness (QED) is 0.275. The lowest BCUT2D eigenvalue weighted by Gasteiger charge is -2.29. The van der Waals surface area contributed by atoms with Crippen molar-refractivity contribution in [2.75, 3.05) is 49.7 Å². The standard InChI is InChI=1S/C26H28F2N4O2S.CH3NO/c27-19-14-20(28)16-22(15-19)35-26(6-7-26)23-17-24(32-9-12-34-13-10-32)31-25(30-23)18-2-4-21(5-3-18)29-8-1-11-33;2-1-3/h2-5,14-17,29,33H,1,6-13H2;1H,(H2,2,3). The number of carbonyl (C=O) groups excluding carboxylic acids is 1. The van der Waals surface area contributed by atoms with Gasteiger partial charge in [0.05, 0.1) is 23.7 Å². The summed E-state index contributed by atoms with van der Waals surface area (Å²) in [6.45, 7) is 3.63. The summed E-state index contributed by atoms with van der Waals surface area (Å²) in [5.41, 5.74) is 6.91. The van der Waals surface area contributed by atoms with Crippen LogP contribution in [0.2, 0.25) is 0 Å². The van der Waals surface area contributed by atoms with Gasteiger partial charge in [0.1, 0.15) is 17.5 Å². The highest BCUT2D eigenvalue weighted by Gasteiger charge is 2.47.